The number of pyridine rings is 2. The molecule has 0 aliphatic carbocycles. The number of anilines is 2. The third kappa shape index (κ3) is 8.11. The number of nitrogens with zero attached hydrogens (tertiary/aromatic N) is 9. The number of benzene rings is 2. The molecule has 0 spiro atoms. The van der Waals surface area contributed by atoms with E-state index in [9.17, 15) is 9.59 Å². The van der Waals surface area contributed by atoms with Crippen LogP contribution in [0.5, 0.6) is 0 Å². The van der Waals surface area contributed by atoms with Gasteiger partial charge in [0.25, 0.3) is 11.8 Å². The molecule has 2 amide bonds. The number of carbonyl (C=O) groups excluding carboxylic acids is 2. The van der Waals surface area contributed by atoms with Crippen molar-refractivity contribution in [1.29, 1.82) is 0 Å². The average Bonchev–Trinajstić information content (AvgIpc) is 3.17. The van der Waals surface area contributed by atoms with Crippen LogP contribution in [-0.2, 0) is 19.1 Å². The molecule has 2 N–H and O–H groups in total. The quantitative estimate of drug-likeness (QED) is 0.274. The molecule has 14 heteroatoms. The van der Waals surface area contributed by atoms with Crippen molar-refractivity contribution < 1.29 is 19.1 Å². The smallest absolute Gasteiger partial charge is 0.253 e. The van der Waals surface area contributed by atoms with Gasteiger partial charge in [-0.3, -0.25) is 19.6 Å². The number of nitrogens with two attached hydrogens (primary N) is 1. The summed E-state index contributed by atoms with van der Waals surface area (Å²) in [4.78, 5) is 52.1. The van der Waals surface area contributed by atoms with Crippen LogP contribution in [0.4, 0.5) is 22.7 Å². The van der Waals surface area contributed by atoms with E-state index >= 15 is 0 Å². The van der Waals surface area contributed by atoms with Gasteiger partial charge in [0.1, 0.15) is 0 Å². The molecule has 2 aromatic carbocycles. The summed E-state index contributed by atoms with van der Waals surface area (Å²) in [5, 5.41) is 1.87. The molecule has 4 aliphatic rings. The van der Waals surface area contributed by atoms with Crippen LogP contribution >= 0.6 is 0 Å². The lowest BCUT2D eigenvalue weighted by atomic mass is 9.98. The van der Waals surface area contributed by atoms with Gasteiger partial charge in [-0.1, -0.05) is 24.3 Å². The number of likely N-dealkylation sites (tertiary alicyclic amines) is 2. The summed E-state index contributed by atoms with van der Waals surface area (Å²) in [5.74, 6) is 1.07. The molecule has 0 radical (unpaired) electrons. The lowest BCUT2D eigenvalue weighted by Gasteiger charge is -2.45. The van der Waals surface area contributed by atoms with Crippen LogP contribution in [0.3, 0.4) is 0 Å². The van der Waals surface area contributed by atoms with Crippen LogP contribution in [0.25, 0.3) is 31.5 Å². The van der Waals surface area contributed by atoms with E-state index in [2.05, 4.69) is 48.5 Å². The zero-order chi connectivity index (χ0) is 39.5. The second-order valence-electron chi connectivity index (χ2n) is 15.6. The molecule has 0 bridgehead atoms. The minimum absolute atomic E-state index is 0.0384. The first kappa shape index (κ1) is 38.9. The van der Waals surface area contributed by atoms with Crippen LogP contribution < -0.4 is 15.5 Å². The van der Waals surface area contributed by atoms with Crippen molar-refractivity contribution >= 4 is 56.4 Å². The summed E-state index contributed by atoms with van der Waals surface area (Å²) in [6.07, 6.45) is 2.34. The first-order chi connectivity index (χ1) is 27.1. The number of hydrogen-bond donors (Lipinski definition) is 1. The highest BCUT2D eigenvalue weighted by Gasteiger charge is 2.40. The van der Waals surface area contributed by atoms with Crippen molar-refractivity contribution in [3.05, 3.63) is 83.8 Å². The number of morpholine rings is 2. The Labute approximate surface area is 328 Å². The Balaban J connectivity index is 0.000000172. The molecule has 2 aromatic heterocycles. The lowest BCUT2D eigenvalue weighted by molar-refractivity contribution is -0.155. The Morgan fingerprint density at radius 1 is 0.714 bits per heavy atom. The van der Waals surface area contributed by atoms with Gasteiger partial charge in [0.2, 0.25) is 11.4 Å². The van der Waals surface area contributed by atoms with Gasteiger partial charge in [0, 0.05) is 92.2 Å². The van der Waals surface area contributed by atoms with E-state index in [-0.39, 0.29) is 24.0 Å². The molecule has 292 valence electrons. The largest absolute Gasteiger partial charge is 0.365 e. The highest BCUT2D eigenvalue weighted by molar-refractivity contribution is 6.01. The second kappa shape index (κ2) is 16.8. The standard InChI is InChI=1S/C22H27N5O2.C20H23N5O2/c1-15-10-26(19-8-7-18(23-2)21-17(19)6-5-9-24-21)14-20(29-15)22(28)27-12-16(13-27)11-25(3)4;1-13-9-24(12-18(27-13)20(26)25-10-14(8-21)11-25)17-6-5-16(22-2)19-15(17)4-3-7-23-19/h5-9,15-16,20H,10-14H2,1,3-4H3;3-7,13-14,18H,8-12,21H2,1H3/t15-,20-;13-,18-/m11/s1. The maximum absolute atomic E-state index is 13.0. The molecular weight excluding hydrogens is 709 g/mol. The number of rotatable bonds is 7. The zero-order valence-electron chi connectivity index (χ0n) is 32.5. The highest BCUT2D eigenvalue weighted by atomic mass is 16.5. The van der Waals surface area contributed by atoms with Crippen LogP contribution in [0.15, 0.2) is 60.9 Å². The summed E-state index contributed by atoms with van der Waals surface area (Å²) < 4.78 is 12.0. The molecule has 4 fully saturated rings. The van der Waals surface area contributed by atoms with Gasteiger partial charge < -0.3 is 39.7 Å². The monoisotopic (exact) mass is 758 g/mol. The maximum Gasteiger partial charge on any atom is 0.253 e. The molecule has 8 rings (SSSR count). The molecule has 14 nitrogen and oxygen atoms in total. The number of carbonyl (C=O) groups is 2. The first-order valence-electron chi connectivity index (χ1n) is 19.3. The van der Waals surface area contributed by atoms with Gasteiger partial charge in [0.05, 0.1) is 49.5 Å². The van der Waals surface area contributed by atoms with E-state index in [0.717, 1.165) is 54.9 Å². The number of ether oxygens (including phenoxy) is 2. The van der Waals surface area contributed by atoms with Crippen LogP contribution in [0, 0.1) is 25.0 Å². The van der Waals surface area contributed by atoms with Gasteiger partial charge in [0.15, 0.2) is 12.2 Å². The fraction of sp³-hybridized carbons (Fsp3) is 0.476. The van der Waals surface area contributed by atoms with Crippen molar-refractivity contribution in [3.8, 4) is 0 Å². The summed E-state index contributed by atoms with van der Waals surface area (Å²) in [7, 11) is 4.12. The summed E-state index contributed by atoms with van der Waals surface area (Å²) in [6.45, 7) is 25.8. The number of hydrogen-bond acceptors (Lipinski definition) is 10. The van der Waals surface area contributed by atoms with Crippen molar-refractivity contribution in [3.63, 3.8) is 0 Å². The highest BCUT2D eigenvalue weighted by Crippen LogP contribution is 2.36. The zero-order valence-corrected chi connectivity index (χ0v) is 32.5. The van der Waals surface area contributed by atoms with Crippen molar-refractivity contribution in [2.45, 2.75) is 38.3 Å². The van der Waals surface area contributed by atoms with Gasteiger partial charge in [-0.2, -0.15) is 0 Å². The van der Waals surface area contributed by atoms with Crippen LogP contribution in [-0.4, -0.2) is 140 Å². The first-order valence-corrected chi connectivity index (χ1v) is 19.3. The number of aromatic nitrogens is 2. The molecule has 4 atom stereocenters. The van der Waals surface area contributed by atoms with Gasteiger partial charge in [-0.25, -0.2) is 9.69 Å². The summed E-state index contributed by atoms with van der Waals surface area (Å²) in [5.41, 5.74) is 10.1. The number of amides is 2. The molecule has 4 aromatic rings. The molecule has 56 heavy (non-hydrogen) atoms. The second-order valence-corrected chi connectivity index (χ2v) is 15.6. The van der Waals surface area contributed by atoms with Crippen molar-refractivity contribution in [2.75, 3.05) is 89.3 Å². The van der Waals surface area contributed by atoms with Crippen molar-refractivity contribution in [1.82, 2.24) is 24.7 Å². The fourth-order valence-corrected chi connectivity index (χ4v) is 8.27. The van der Waals surface area contributed by atoms with E-state index in [0.29, 0.717) is 67.0 Å². The lowest BCUT2D eigenvalue weighted by Crippen LogP contribution is -2.60. The molecule has 4 aliphatic heterocycles. The summed E-state index contributed by atoms with van der Waals surface area (Å²) >= 11 is 0. The van der Waals surface area contributed by atoms with E-state index in [1.807, 2.05) is 66.1 Å². The van der Waals surface area contributed by atoms with Crippen molar-refractivity contribution in [2.24, 2.45) is 17.6 Å². The van der Waals surface area contributed by atoms with E-state index in [1.165, 1.54) is 0 Å². The molecule has 4 saturated heterocycles. The third-order valence-electron chi connectivity index (χ3n) is 10.9. The van der Waals surface area contributed by atoms with E-state index in [4.69, 9.17) is 28.4 Å². The Morgan fingerprint density at radius 2 is 1.16 bits per heavy atom. The van der Waals surface area contributed by atoms with Gasteiger partial charge >= 0.3 is 0 Å². The number of fused-ring (bicyclic) bond motifs is 2. The average molecular weight is 759 g/mol. The Bertz CT molecular complexity index is 2160. The SMILES string of the molecule is [C-]#[N+]c1ccc(N2C[C@@H](C)O[C@@H](C(=O)N3CC(CN(C)C)C3)C2)c2cccnc12.[C-]#[N+]c1ccc(N2C[C@@H](C)O[C@@H](C(=O)N3CC(CN)C3)C2)c2cccnc12. The predicted molar refractivity (Wildman–Crippen MR) is 217 cm³/mol. The summed E-state index contributed by atoms with van der Waals surface area (Å²) in [6, 6.07) is 15.3. The van der Waals surface area contributed by atoms with E-state index in [1.54, 1.807) is 18.5 Å². The third-order valence-corrected chi connectivity index (χ3v) is 10.9. The normalized spacial score (nSPS) is 22.9. The Kier molecular flexibility index (Phi) is 11.6. The van der Waals surface area contributed by atoms with Crippen LogP contribution in [0.2, 0.25) is 0 Å². The molecular formula is C42H50N10O4. The predicted octanol–water partition coefficient (Wildman–Crippen LogP) is 4.20. The van der Waals surface area contributed by atoms with Gasteiger partial charge in [-0.15, -0.1) is 0 Å². The topological polar surface area (TPSA) is 129 Å². The molecule has 6 heterocycles. The fourth-order valence-electron chi connectivity index (χ4n) is 8.27. The Hall–Kier alpha value is -5.38. The van der Waals surface area contributed by atoms with E-state index < -0.39 is 12.2 Å². The molecule has 0 unspecified atom stereocenters. The minimum Gasteiger partial charge on any atom is -0.365 e. The maximum atomic E-state index is 13.0. The molecule has 0 saturated carbocycles. The van der Waals surface area contributed by atoms with Crippen LogP contribution in [0.1, 0.15) is 13.8 Å². The van der Waals surface area contributed by atoms with Gasteiger partial charge in [-0.05, 0) is 58.8 Å². The minimum atomic E-state index is -0.486. The Morgan fingerprint density at radius 3 is 1.57 bits per heavy atom.